The first-order valence-electron chi connectivity index (χ1n) is 11.9. The number of hydrogen-bond donors (Lipinski definition) is 1. The monoisotopic (exact) mass is 449 g/mol. The van der Waals surface area contributed by atoms with Crippen molar-refractivity contribution in [2.45, 2.75) is 70.0 Å². The first kappa shape index (κ1) is 22.0. The maximum atomic E-state index is 15.6. The normalized spacial score (nSPS) is 23.7. The summed E-state index contributed by atoms with van der Waals surface area (Å²) in [7, 11) is 0. The quantitative estimate of drug-likeness (QED) is 0.539. The van der Waals surface area contributed by atoms with Gasteiger partial charge in [-0.3, -0.25) is 4.90 Å². The predicted octanol–water partition coefficient (Wildman–Crippen LogP) is 6.54. The molecule has 2 aromatic carbocycles. The number of carbonyl (C=O) groups is 1. The topological polar surface area (TPSA) is 40.5 Å². The molecule has 0 radical (unpaired) electrons. The van der Waals surface area contributed by atoms with Crippen LogP contribution in [0.15, 0.2) is 48.0 Å². The van der Waals surface area contributed by atoms with Crippen molar-refractivity contribution in [3.05, 3.63) is 81.9 Å². The highest BCUT2D eigenvalue weighted by atomic mass is 19.1. The number of halogens is 2. The summed E-state index contributed by atoms with van der Waals surface area (Å²) in [5.74, 6) is -2.37. The molecular weight excluding hydrogens is 420 g/mol. The standard InChI is InChI=1S/C28H29F2NO2/c1-17-13-22-21-10-6-5-7-19(21)16-23(22)28(31(17)20-8-3-2-4-9-20)27-24(29)14-18(15-25(27)30)11-12-26(32)33/h5-7,10-12,14-15,17,20,28H,2-4,8-9,13,16H2,1H3,(H,32,33)/b12-11+/t17-,28+/m1/s1. The second-order valence-electron chi connectivity index (χ2n) is 9.60. The molecule has 0 unspecified atom stereocenters. The lowest BCUT2D eigenvalue weighted by Gasteiger charge is -2.48. The fourth-order valence-corrected chi connectivity index (χ4v) is 6.19. The first-order valence-corrected chi connectivity index (χ1v) is 11.9. The third kappa shape index (κ3) is 4.04. The van der Waals surface area contributed by atoms with E-state index >= 15 is 8.78 Å². The van der Waals surface area contributed by atoms with E-state index in [0.29, 0.717) is 12.5 Å². The van der Waals surface area contributed by atoms with Crippen LogP contribution in [0.3, 0.4) is 0 Å². The molecule has 1 saturated carbocycles. The number of carboxylic acid groups (broad SMARTS) is 1. The molecule has 3 nitrogen and oxygen atoms in total. The summed E-state index contributed by atoms with van der Waals surface area (Å²) < 4.78 is 31.2. The lowest BCUT2D eigenvalue weighted by molar-refractivity contribution is -0.131. The van der Waals surface area contributed by atoms with Crippen molar-refractivity contribution in [1.82, 2.24) is 4.90 Å². The Morgan fingerprint density at radius 3 is 2.48 bits per heavy atom. The molecule has 1 heterocycles. The molecular formula is C28H29F2NO2. The van der Waals surface area contributed by atoms with Crippen LogP contribution < -0.4 is 0 Å². The molecule has 1 N–H and O–H groups in total. The maximum absolute atomic E-state index is 15.6. The Labute approximate surface area is 193 Å². The van der Waals surface area contributed by atoms with Crippen LogP contribution in [-0.4, -0.2) is 28.1 Å². The molecule has 2 aromatic rings. The van der Waals surface area contributed by atoms with Crippen molar-refractivity contribution < 1.29 is 18.7 Å². The fourth-order valence-electron chi connectivity index (χ4n) is 6.19. The van der Waals surface area contributed by atoms with Crippen LogP contribution >= 0.6 is 0 Å². The molecule has 2 aliphatic carbocycles. The van der Waals surface area contributed by atoms with Gasteiger partial charge in [-0.2, -0.15) is 0 Å². The first-order chi connectivity index (χ1) is 15.9. The molecule has 2 atom stereocenters. The van der Waals surface area contributed by atoms with E-state index in [1.165, 1.54) is 41.3 Å². The zero-order chi connectivity index (χ0) is 23.1. The molecule has 33 heavy (non-hydrogen) atoms. The molecule has 0 saturated heterocycles. The number of carboxylic acids is 1. The number of rotatable bonds is 4. The summed E-state index contributed by atoms with van der Waals surface area (Å²) in [5.41, 5.74) is 5.12. The third-order valence-corrected chi connectivity index (χ3v) is 7.54. The SMILES string of the molecule is C[C@@H]1CC2=C(Cc3ccccc32)[C@@H](c2c(F)cc(/C=C/C(=O)O)cc2F)N1C1CCCCC1. The average Bonchev–Trinajstić information content (AvgIpc) is 3.16. The van der Waals surface area contributed by atoms with Gasteiger partial charge in [-0.25, -0.2) is 13.6 Å². The van der Waals surface area contributed by atoms with Crippen molar-refractivity contribution in [3.63, 3.8) is 0 Å². The summed E-state index contributed by atoms with van der Waals surface area (Å²) in [6.45, 7) is 2.19. The Kier molecular flexibility index (Phi) is 5.92. The van der Waals surface area contributed by atoms with E-state index in [9.17, 15) is 4.79 Å². The van der Waals surface area contributed by atoms with Crippen molar-refractivity contribution in [2.24, 2.45) is 0 Å². The van der Waals surface area contributed by atoms with Gasteiger partial charge in [0.1, 0.15) is 11.6 Å². The maximum Gasteiger partial charge on any atom is 0.328 e. The van der Waals surface area contributed by atoms with Gasteiger partial charge in [-0.05, 0) is 78.7 Å². The Bertz CT molecular complexity index is 1120. The molecule has 0 bridgehead atoms. The van der Waals surface area contributed by atoms with E-state index in [4.69, 9.17) is 5.11 Å². The van der Waals surface area contributed by atoms with Gasteiger partial charge in [-0.15, -0.1) is 0 Å². The van der Waals surface area contributed by atoms with Crippen LogP contribution in [0.5, 0.6) is 0 Å². The smallest absolute Gasteiger partial charge is 0.328 e. The minimum atomic E-state index is -1.15. The van der Waals surface area contributed by atoms with Crippen molar-refractivity contribution in [3.8, 4) is 0 Å². The lowest BCUT2D eigenvalue weighted by atomic mass is 9.81. The third-order valence-electron chi connectivity index (χ3n) is 7.54. The Hall–Kier alpha value is -2.79. The van der Waals surface area contributed by atoms with Gasteiger partial charge in [-0.1, -0.05) is 43.5 Å². The Morgan fingerprint density at radius 2 is 1.79 bits per heavy atom. The van der Waals surface area contributed by atoms with Gasteiger partial charge in [0.2, 0.25) is 0 Å². The van der Waals surface area contributed by atoms with Crippen LogP contribution in [0.4, 0.5) is 8.78 Å². The summed E-state index contributed by atoms with van der Waals surface area (Å²) >= 11 is 0. The summed E-state index contributed by atoms with van der Waals surface area (Å²) in [6.07, 6.45) is 9.37. The largest absolute Gasteiger partial charge is 0.478 e. The molecule has 0 aromatic heterocycles. The highest BCUT2D eigenvalue weighted by Crippen LogP contribution is 2.51. The summed E-state index contributed by atoms with van der Waals surface area (Å²) in [4.78, 5) is 13.2. The molecule has 5 heteroatoms. The number of benzene rings is 2. The minimum Gasteiger partial charge on any atom is -0.478 e. The molecule has 172 valence electrons. The highest BCUT2D eigenvalue weighted by Gasteiger charge is 2.43. The van der Waals surface area contributed by atoms with Crippen LogP contribution in [-0.2, 0) is 11.2 Å². The molecule has 0 spiro atoms. The fraction of sp³-hybridized carbons (Fsp3) is 0.393. The van der Waals surface area contributed by atoms with Gasteiger partial charge in [0.25, 0.3) is 0 Å². The van der Waals surface area contributed by atoms with Crippen LogP contribution in [0.25, 0.3) is 11.6 Å². The Balaban J connectivity index is 1.64. The van der Waals surface area contributed by atoms with E-state index in [-0.39, 0.29) is 17.2 Å². The molecule has 0 amide bonds. The van der Waals surface area contributed by atoms with E-state index in [2.05, 4.69) is 24.0 Å². The lowest BCUT2D eigenvalue weighted by Crippen LogP contribution is -2.48. The van der Waals surface area contributed by atoms with E-state index in [0.717, 1.165) is 43.8 Å². The predicted molar refractivity (Wildman–Crippen MR) is 126 cm³/mol. The van der Waals surface area contributed by atoms with Gasteiger partial charge < -0.3 is 5.11 Å². The molecule has 1 fully saturated rings. The second-order valence-corrected chi connectivity index (χ2v) is 9.60. The number of nitrogens with zero attached hydrogens (tertiary/aromatic N) is 1. The van der Waals surface area contributed by atoms with E-state index in [1.54, 1.807) is 0 Å². The van der Waals surface area contributed by atoms with Crippen LogP contribution in [0, 0.1) is 11.6 Å². The van der Waals surface area contributed by atoms with E-state index in [1.807, 2.05) is 12.1 Å². The number of aliphatic carboxylic acids is 1. The minimum absolute atomic E-state index is 0.0971. The average molecular weight is 450 g/mol. The van der Waals surface area contributed by atoms with Crippen molar-refractivity contribution >= 4 is 17.6 Å². The van der Waals surface area contributed by atoms with E-state index < -0.39 is 23.6 Å². The van der Waals surface area contributed by atoms with Gasteiger partial charge in [0.15, 0.2) is 0 Å². The Morgan fingerprint density at radius 1 is 1.09 bits per heavy atom. The van der Waals surface area contributed by atoms with Crippen molar-refractivity contribution in [1.29, 1.82) is 0 Å². The second kappa shape index (κ2) is 8.86. The zero-order valence-corrected chi connectivity index (χ0v) is 18.9. The van der Waals surface area contributed by atoms with Crippen LogP contribution in [0.2, 0.25) is 0 Å². The summed E-state index contributed by atoms with van der Waals surface area (Å²) in [5, 5.41) is 8.88. The molecule has 3 aliphatic rings. The zero-order valence-electron chi connectivity index (χ0n) is 18.9. The number of fused-ring (bicyclic) bond motifs is 2. The molecule has 5 rings (SSSR count). The van der Waals surface area contributed by atoms with Crippen LogP contribution in [0.1, 0.15) is 73.7 Å². The van der Waals surface area contributed by atoms with Gasteiger partial charge in [0, 0.05) is 23.7 Å². The van der Waals surface area contributed by atoms with Gasteiger partial charge >= 0.3 is 5.97 Å². The molecule has 1 aliphatic heterocycles. The number of hydrogen-bond acceptors (Lipinski definition) is 2. The van der Waals surface area contributed by atoms with Crippen molar-refractivity contribution in [2.75, 3.05) is 0 Å². The summed E-state index contributed by atoms with van der Waals surface area (Å²) in [6, 6.07) is 10.9. The van der Waals surface area contributed by atoms with Gasteiger partial charge in [0.05, 0.1) is 6.04 Å². The highest BCUT2D eigenvalue weighted by molar-refractivity contribution is 5.85.